The van der Waals surface area contributed by atoms with Gasteiger partial charge < -0.3 is 9.47 Å². The molecular formula is C15H12F2O2. The zero-order chi connectivity index (χ0) is 13.7. The predicted octanol–water partition coefficient (Wildman–Crippen LogP) is 3.94. The summed E-state index contributed by atoms with van der Waals surface area (Å²) in [7, 11) is 0. The summed E-state index contributed by atoms with van der Waals surface area (Å²) >= 11 is 0. The van der Waals surface area contributed by atoms with Gasteiger partial charge in [0.1, 0.15) is 35.5 Å². The van der Waals surface area contributed by atoms with Crippen molar-refractivity contribution >= 4 is 0 Å². The smallest absolute Gasteiger partial charge is 0.145 e. The molecule has 0 unspecified atom stereocenters. The van der Waals surface area contributed by atoms with Crippen LogP contribution in [0.3, 0.4) is 0 Å². The van der Waals surface area contributed by atoms with Gasteiger partial charge in [-0.2, -0.15) is 0 Å². The number of benzene rings is 2. The molecule has 2 aromatic rings. The molecule has 0 N–H and O–H groups in total. The van der Waals surface area contributed by atoms with Gasteiger partial charge in [-0.15, -0.1) is 0 Å². The molecule has 2 nitrogen and oxygen atoms in total. The number of hydrogen-bond acceptors (Lipinski definition) is 2. The van der Waals surface area contributed by atoms with Gasteiger partial charge in [-0.25, -0.2) is 8.78 Å². The minimum absolute atomic E-state index is 0.128. The summed E-state index contributed by atoms with van der Waals surface area (Å²) in [5.74, 6) is 0.713. The van der Waals surface area contributed by atoms with Gasteiger partial charge in [-0.1, -0.05) is 6.58 Å². The summed E-state index contributed by atoms with van der Waals surface area (Å²) in [4.78, 5) is 0. The van der Waals surface area contributed by atoms with Crippen molar-refractivity contribution in [2.24, 2.45) is 0 Å². The van der Waals surface area contributed by atoms with Crippen molar-refractivity contribution in [2.75, 3.05) is 6.61 Å². The van der Waals surface area contributed by atoms with Crippen LogP contribution in [-0.4, -0.2) is 6.61 Å². The van der Waals surface area contributed by atoms with E-state index in [0.29, 0.717) is 17.3 Å². The predicted molar refractivity (Wildman–Crippen MR) is 68.1 cm³/mol. The van der Waals surface area contributed by atoms with Gasteiger partial charge in [-0.3, -0.25) is 0 Å². The molecule has 19 heavy (non-hydrogen) atoms. The molecule has 4 heteroatoms. The maximum atomic E-state index is 12.7. The van der Waals surface area contributed by atoms with Crippen molar-refractivity contribution in [2.45, 2.75) is 0 Å². The second kappa shape index (κ2) is 6.00. The molecule has 0 amide bonds. The standard InChI is InChI=1S/C15H12F2O2/c1-11(19-15-8-4-13(17)5-9-15)10-18-14-6-2-12(16)3-7-14/h2-9H,1,10H2. The average Bonchev–Trinajstić information content (AvgIpc) is 2.41. The molecule has 0 aliphatic heterocycles. The molecule has 0 bridgehead atoms. The van der Waals surface area contributed by atoms with Crippen molar-refractivity contribution < 1.29 is 18.3 Å². The molecule has 0 heterocycles. The zero-order valence-electron chi connectivity index (χ0n) is 10.1. The Morgan fingerprint density at radius 1 is 0.842 bits per heavy atom. The van der Waals surface area contributed by atoms with Crippen LogP contribution < -0.4 is 9.47 Å². The van der Waals surface area contributed by atoms with Crippen LogP contribution in [0.15, 0.2) is 60.9 Å². The van der Waals surface area contributed by atoms with Crippen LogP contribution in [0.1, 0.15) is 0 Å². The monoisotopic (exact) mass is 262 g/mol. The van der Waals surface area contributed by atoms with Crippen molar-refractivity contribution in [3.63, 3.8) is 0 Å². The first-order chi connectivity index (χ1) is 9.13. The molecule has 0 atom stereocenters. The molecule has 98 valence electrons. The lowest BCUT2D eigenvalue weighted by Crippen LogP contribution is -2.05. The normalized spacial score (nSPS) is 10.0. The summed E-state index contributed by atoms with van der Waals surface area (Å²) in [5.41, 5.74) is 0. The first-order valence-electron chi connectivity index (χ1n) is 5.63. The second-order valence-electron chi connectivity index (χ2n) is 3.84. The largest absolute Gasteiger partial charge is 0.486 e. The van der Waals surface area contributed by atoms with Gasteiger partial charge in [0.05, 0.1) is 0 Å². The van der Waals surface area contributed by atoms with E-state index in [-0.39, 0.29) is 18.2 Å². The Kier molecular flexibility index (Phi) is 4.13. The van der Waals surface area contributed by atoms with Gasteiger partial charge in [0.25, 0.3) is 0 Å². The van der Waals surface area contributed by atoms with E-state index in [4.69, 9.17) is 9.47 Å². The van der Waals surface area contributed by atoms with Gasteiger partial charge in [-0.05, 0) is 48.5 Å². The molecule has 2 rings (SSSR count). The lowest BCUT2D eigenvalue weighted by Gasteiger charge is -2.10. The quantitative estimate of drug-likeness (QED) is 0.760. The van der Waals surface area contributed by atoms with E-state index in [9.17, 15) is 8.78 Å². The molecule has 0 spiro atoms. The van der Waals surface area contributed by atoms with Gasteiger partial charge in [0.2, 0.25) is 0 Å². The van der Waals surface area contributed by atoms with E-state index in [1.165, 1.54) is 48.5 Å². The van der Waals surface area contributed by atoms with Crippen LogP contribution >= 0.6 is 0 Å². The highest BCUT2D eigenvalue weighted by Crippen LogP contribution is 2.16. The molecule has 0 aliphatic carbocycles. The molecule has 0 fully saturated rings. The van der Waals surface area contributed by atoms with E-state index >= 15 is 0 Å². The van der Waals surface area contributed by atoms with E-state index in [0.717, 1.165) is 0 Å². The Hall–Kier alpha value is -2.36. The Morgan fingerprint density at radius 3 is 1.84 bits per heavy atom. The summed E-state index contributed by atoms with van der Waals surface area (Å²) in [6.45, 7) is 3.82. The highest BCUT2D eigenvalue weighted by molar-refractivity contribution is 5.25. The Labute approximate surface area is 109 Å². The highest BCUT2D eigenvalue weighted by Gasteiger charge is 2.01. The fourth-order valence-corrected chi connectivity index (χ4v) is 1.39. The summed E-state index contributed by atoms with van der Waals surface area (Å²) in [5, 5.41) is 0. The first-order valence-corrected chi connectivity index (χ1v) is 5.63. The first kappa shape index (κ1) is 13.1. The van der Waals surface area contributed by atoms with Crippen LogP contribution in [0.5, 0.6) is 11.5 Å². The molecule has 0 saturated carbocycles. The number of ether oxygens (including phenoxy) is 2. The molecule has 0 aromatic heterocycles. The van der Waals surface area contributed by atoms with E-state index < -0.39 is 0 Å². The number of halogens is 2. The van der Waals surface area contributed by atoms with E-state index in [1.54, 1.807) is 0 Å². The fraction of sp³-hybridized carbons (Fsp3) is 0.0667. The molecule has 0 saturated heterocycles. The lowest BCUT2D eigenvalue weighted by molar-refractivity contribution is 0.281. The lowest BCUT2D eigenvalue weighted by atomic mass is 10.3. The SMILES string of the molecule is C=C(COc1ccc(F)cc1)Oc1ccc(F)cc1. The summed E-state index contributed by atoms with van der Waals surface area (Å²) < 4.78 is 36.1. The van der Waals surface area contributed by atoms with Gasteiger partial charge in [0, 0.05) is 0 Å². The fourth-order valence-electron chi connectivity index (χ4n) is 1.39. The molecule has 2 aromatic carbocycles. The van der Waals surface area contributed by atoms with Crippen molar-refractivity contribution in [3.05, 3.63) is 72.5 Å². The maximum Gasteiger partial charge on any atom is 0.145 e. The van der Waals surface area contributed by atoms with Gasteiger partial charge >= 0.3 is 0 Å². The van der Waals surface area contributed by atoms with Crippen molar-refractivity contribution in [3.8, 4) is 11.5 Å². The number of hydrogen-bond donors (Lipinski definition) is 0. The Bertz CT molecular complexity index is 547. The minimum Gasteiger partial charge on any atom is -0.486 e. The third-order valence-electron chi connectivity index (χ3n) is 2.29. The van der Waals surface area contributed by atoms with Crippen molar-refractivity contribution in [1.29, 1.82) is 0 Å². The summed E-state index contributed by atoms with van der Waals surface area (Å²) in [6, 6.07) is 11.2. The van der Waals surface area contributed by atoms with E-state index in [1.807, 2.05) is 0 Å². The third kappa shape index (κ3) is 4.10. The Morgan fingerprint density at radius 2 is 1.32 bits per heavy atom. The van der Waals surface area contributed by atoms with Crippen LogP contribution in [0, 0.1) is 11.6 Å². The van der Waals surface area contributed by atoms with Crippen LogP contribution in [-0.2, 0) is 0 Å². The Balaban J connectivity index is 1.84. The van der Waals surface area contributed by atoms with Crippen LogP contribution in [0.25, 0.3) is 0 Å². The third-order valence-corrected chi connectivity index (χ3v) is 2.29. The molecular weight excluding hydrogens is 250 g/mol. The van der Waals surface area contributed by atoms with E-state index in [2.05, 4.69) is 6.58 Å². The maximum absolute atomic E-state index is 12.7. The highest BCUT2D eigenvalue weighted by atomic mass is 19.1. The topological polar surface area (TPSA) is 18.5 Å². The zero-order valence-corrected chi connectivity index (χ0v) is 10.1. The summed E-state index contributed by atoms with van der Waals surface area (Å²) in [6.07, 6.45) is 0. The molecule has 0 aliphatic rings. The van der Waals surface area contributed by atoms with Crippen LogP contribution in [0.2, 0.25) is 0 Å². The average molecular weight is 262 g/mol. The molecule has 0 radical (unpaired) electrons. The number of rotatable bonds is 5. The van der Waals surface area contributed by atoms with Crippen molar-refractivity contribution in [1.82, 2.24) is 0 Å². The van der Waals surface area contributed by atoms with Gasteiger partial charge in [0.15, 0.2) is 0 Å². The van der Waals surface area contributed by atoms with Crippen LogP contribution in [0.4, 0.5) is 8.78 Å². The second-order valence-corrected chi connectivity index (χ2v) is 3.84. The minimum atomic E-state index is -0.333.